The highest BCUT2D eigenvalue weighted by atomic mass is 15.4. The standard InChI is InChI=1S/C23H46N2/c1-4-6-8-10-11-12-13-14-15-16-18-20-25-22-21-24(23(25)3)19-17-9-7-5-2/h21-23H,4-20H2,1-3H3. The van der Waals surface area contributed by atoms with Gasteiger partial charge in [-0.1, -0.05) is 97.3 Å². The first kappa shape index (κ1) is 22.4. The molecular weight excluding hydrogens is 304 g/mol. The molecule has 0 aliphatic carbocycles. The van der Waals surface area contributed by atoms with E-state index in [4.69, 9.17) is 0 Å². The maximum atomic E-state index is 2.54. The van der Waals surface area contributed by atoms with Crippen molar-refractivity contribution in [2.75, 3.05) is 13.1 Å². The number of rotatable bonds is 17. The van der Waals surface area contributed by atoms with Crippen molar-refractivity contribution in [3.63, 3.8) is 0 Å². The predicted molar refractivity (Wildman–Crippen MR) is 113 cm³/mol. The highest BCUT2D eigenvalue weighted by molar-refractivity contribution is 4.95. The summed E-state index contributed by atoms with van der Waals surface area (Å²) < 4.78 is 0. The lowest BCUT2D eigenvalue weighted by Crippen LogP contribution is -2.36. The fraction of sp³-hybridized carbons (Fsp3) is 0.913. The van der Waals surface area contributed by atoms with Crippen LogP contribution in [0.2, 0.25) is 0 Å². The minimum Gasteiger partial charge on any atom is -0.356 e. The molecule has 25 heavy (non-hydrogen) atoms. The third-order valence-electron chi connectivity index (χ3n) is 5.70. The lowest BCUT2D eigenvalue weighted by Gasteiger charge is -2.29. The average Bonchev–Trinajstić information content (AvgIpc) is 2.97. The Hall–Kier alpha value is -0.660. The molecule has 1 atom stereocenters. The van der Waals surface area contributed by atoms with Crippen molar-refractivity contribution >= 4 is 0 Å². The second-order valence-corrected chi connectivity index (χ2v) is 8.00. The summed E-state index contributed by atoms with van der Waals surface area (Å²) in [5.74, 6) is 0. The van der Waals surface area contributed by atoms with Gasteiger partial charge in [0.1, 0.15) is 0 Å². The summed E-state index contributed by atoms with van der Waals surface area (Å²) >= 11 is 0. The highest BCUT2D eigenvalue weighted by Gasteiger charge is 2.20. The second kappa shape index (κ2) is 15.6. The molecule has 2 nitrogen and oxygen atoms in total. The Morgan fingerprint density at radius 3 is 1.24 bits per heavy atom. The van der Waals surface area contributed by atoms with E-state index >= 15 is 0 Å². The molecule has 0 radical (unpaired) electrons. The molecule has 1 aliphatic rings. The molecule has 0 amide bonds. The van der Waals surface area contributed by atoms with Crippen LogP contribution in [0.15, 0.2) is 12.4 Å². The lowest BCUT2D eigenvalue weighted by atomic mass is 10.1. The van der Waals surface area contributed by atoms with Crippen LogP contribution in [-0.4, -0.2) is 29.1 Å². The summed E-state index contributed by atoms with van der Waals surface area (Å²) in [6.07, 6.45) is 26.4. The zero-order valence-corrected chi connectivity index (χ0v) is 17.6. The quantitative estimate of drug-likeness (QED) is 0.254. The summed E-state index contributed by atoms with van der Waals surface area (Å²) in [5, 5.41) is 0. The van der Waals surface area contributed by atoms with Gasteiger partial charge >= 0.3 is 0 Å². The third kappa shape index (κ3) is 10.8. The molecule has 0 saturated heterocycles. The Morgan fingerprint density at radius 1 is 0.520 bits per heavy atom. The zero-order chi connectivity index (χ0) is 18.2. The first-order valence-corrected chi connectivity index (χ1v) is 11.5. The summed E-state index contributed by atoms with van der Waals surface area (Å²) in [5.41, 5.74) is 0. The molecule has 0 aromatic rings. The molecule has 1 aliphatic heterocycles. The van der Waals surface area contributed by atoms with E-state index in [2.05, 4.69) is 43.0 Å². The van der Waals surface area contributed by atoms with Crippen LogP contribution in [0.25, 0.3) is 0 Å². The first-order valence-electron chi connectivity index (χ1n) is 11.5. The van der Waals surface area contributed by atoms with Crippen LogP contribution in [0.3, 0.4) is 0 Å². The minimum absolute atomic E-state index is 0.574. The fourth-order valence-electron chi connectivity index (χ4n) is 3.81. The van der Waals surface area contributed by atoms with Crippen molar-refractivity contribution in [2.24, 2.45) is 0 Å². The van der Waals surface area contributed by atoms with E-state index in [0.717, 1.165) is 0 Å². The monoisotopic (exact) mass is 350 g/mol. The van der Waals surface area contributed by atoms with Gasteiger partial charge in [0.05, 0.1) is 6.17 Å². The van der Waals surface area contributed by atoms with Gasteiger partial charge in [-0.15, -0.1) is 0 Å². The number of nitrogens with zero attached hydrogens (tertiary/aromatic N) is 2. The molecular formula is C23H46N2. The van der Waals surface area contributed by atoms with Gasteiger partial charge in [0.25, 0.3) is 0 Å². The molecule has 0 fully saturated rings. The molecule has 1 heterocycles. The van der Waals surface area contributed by atoms with Crippen molar-refractivity contribution in [1.29, 1.82) is 0 Å². The smallest absolute Gasteiger partial charge is 0.0977 e. The Bertz CT molecular complexity index is 313. The van der Waals surface area contributed by atoms with Gasteiger partial charge in [-0.25, -0.2) is 0 Å². The van der Waals surface area contributed by atoms with Gasteiger partial charge in [0.15, 0.2) is 0 Å². The van der Waals surface area contributed by atoms with Gasteiger partial charge in [0.2, 0.25) is 0 Å². The van der Waals surface area contributed by atoms with Gasteiger partial charge < -0.3 is 9.80 Å². The Kier molecular flexibility index (Phi) is 14.0. The molecule has 2 heteroatoms. The Labute approximate surface area is 159 Å². The molecule has 0 spiro atoms. The van der Waals surface area contributed by atoms with Gasteiger partial charge in [0, 0.05) is 25.5 Å². The summed E-state index contributed by atoms with van der Waals surface area (Å²) in [6.45, 7) is 9.41. The molecule has 0 aromatic heterocycles. The zero-order valence-electron chi connectivity index (χ0n) is 17.6. The maximum absolute atomic E-state index is 2.54. The van der Waals surface area contributed by atoms with Gasteiger partial charge in [-0.3, -0.25) is 0 Å². The Balaban J connectivity index is 1.91. The van der Waals surface area contributed by atoms with E-state index in [0.29, 0.717) is 6.17 Å². The van der Waals surface area contributed by atoms with Crippen LogP contribution in [-0.2, 0) is 0 Å². The van der Waals surface area contributed by atoms with E-state index in [9.17, 15) is 0 Å². The highest BCUT2D eigenvalue weighted by Crippen LogP contribution is 2.18. The summed E-state index contributed by atoms with van der Waals surface area (Å²) in [4.78, 5) is 5.06. The Morgan fingerprint density at radius 2 is 0.840 bits per heavy atom. The largest absolute Gasteiger partial charge is 0.356 e. The number of hydrogen-bond acceptors (Lipinski definition) is 2. The third-order valence-corrected chi connectivity index (χ3v) is 5.70. The SMILES string of the molecule is CCCCCCCCCCCCCN1C=CN(CCCCCC)C1C. The van der Waals surface area contributed by atoms with Crippen LogP contribution in [0, 0.1) is 0 Å². The normalized spacial score (nSPS) is 17.0. The molecule has 1 unspecified atom stereocenters. The topological polar surface area (TPSA) is 6.48 Å². The van der Waals surface area contributed by atoms with Crippen molar-refractivity contribution in [3.05, 3.63) is 12.4 Å². The number of unbranched alkanes of at least 4 members (excludes halogenated alkanes) is 13. The van der Waals surface area contributed by atoms with Crippen molar-refractivity contribution in [1.82, 2.24) is 9.80 Å². The van der Waals surface area contributed by atoms with Crippen LogP contribution < -0.4 is 0 Å². The average molecular weight is 351 g/mol. The predicted octanol–water partition coefficient (Wildman–Crippen LogP) is 7.31. The summed E-state index contributed by atoms with van der Waals surface area (Å²) in [6, 6.07) is 0. The van der Waals surface area contributed by atoms with Crippen molar-refractivity contribution in [2.45, 2.75) is 123 Å². The van der Waals surface area contributed by atoms with E-state index in [1.165, 1.54) is 109 Å². The number of hydrogen-bond donors (Lipinski definition) is 0. The van der Waals surface area contributed by atoms with Crippen molar-refractivity contribution < 1.29 is 0 Å². The maximum Gasteiger partial charge on any atom is 0.0977 e. The summed E-state index contributed by atoms with van der Waals surface area (Å²) in [7, 11) is 0. The van der Waals surface area contributed by atoms with Crippen molar-refractivity contribution in [3.8, 4) is 0 Å². The second-order valence-electron chi connectivity index (χ2n) is 8.00. The van der Waals surface area contributed by atoms with Crippen LogP contribution >= 0.6 is 0 Å². The molecule has 0 N–H and O–H groups in total. The minimum atomic E-state index is 0.574. The van der Waals surface area contributed by atoms with Crippen LogP contribution in [0.4, 0.5) is 0 Å². The van der Waals surface area contributed by atoms with Crippen LogP contribution in [0.5, 0.6) is 0 Å². The van der Waals surface area contributed by atoms with Gasteiger partial charge in [-0.2, -0.15) is 0 Å². The van der Waals surface area contributed by atoms with E-state index in [1.54, 1.807) is 0 Å². The van der Waals surface area contributed by atoms with E-state index in [1.807, 2.05) is 0 Å². The fourth-order valence-corrected chi connectivity index (χ4v) is 3.81. The molecule has 148 valence electrons. The molecule has 1 rings (SSSR count). The van der Waals surface area contributed by atoms with E-state index in [-0.39, 0.29) is 0 Å². The van der Waals surface area contributed by atoms with Gasteiger partial charge in [-0.05, 0) is 19.8 Å². The molecule has 0 aromatic carbocycles. The van der Waals surface area contributed by atoms with E-state index < -0.39 is 0 Å². The first-order chi connectivity index (χ1) is 12.3. The lowest BCUT2D eigenvalue weighted by molar-refractivity contribution is 0.165. The molecule has 0 bridgehead atoms. The van der Waals surface area contributed by atoms with Crippen LogP contribution in [0.1, 0.15) is 117 Å². The molecule has 0 saturated carbocycles.